The number of carbonyl (C=O) groups excluding carboxylic acids is 1. The van der Waals surface area contributed by atoms with Gasteiger partial charge in [0.05, 0.1) is 5.56 Å². The summed E-state index contributed by atoms with van der Waals surface area (Å²) in [5, 5.41) is 11.5. The second-order valence-electron chi connectivity index (χ2n) is 4.77. The SMILES string of the molecule is O=C(CCC1CCC1)Nc1ccc(C(=O)O)cc1. The molecule has 1 aliphatic rings. The molecular weight excluding hydrogens is 230 g/mol. The Hall–Kier alpha value is -1.84. The molecule has 18 heavy (non-hydrogen) atoms. The first-order chi connectivity index (χ1) is 8.65. The minimum absolute atomic E-state index is 0.00461. The number of benzene rings is 1. The van der Waals surface area contributed by atoms with Crippen molar-refractivity contribution in [1.29, 1.82) is 0 Å². The number of rotatable bonds is 5. The summed E-state index contributed by atoms with van der Waals surface area (Å²) in [6.07, 6.45) is 5.30. The Morgan fingerprint density at radius 1 is 1.22 bits per heavy atom. The predicted octanol–water partition coefficient (Wildman–Crippen LogP) is 2.90. The third kappa shape index (κ3) is 3.32. The molecule has 0 bridgehead atoms. The third-order valence-electron chi connectivity index (χ3n) is 3.42. The summed E-state index contributed by atoms with van der Waals surface area (Å²) >= 11 is 0. The molecule has 0 spiro atoms. The highest BCUT2D eigenvalue weighted by Gasteiger charge is 2.18. The van der Waals surface area contributed by atoms with Crippen LogP contribution in [0.25, 0.3) is 0 Å². The molecule has 2 N–H and O–H groups in total. The largest absolute Gasteiger partial charge is 0.478 e. The van der Waals surface area contributed by atoms with E-state index in [-0.39, 0.29) is 11.5 Å². The standard InChI is InChI=1S/C14H17NO3/c16-13(9-4-10-2-1-3-10)15-12-7-5-11(6-8-12)14(17)18/h5-8,10H,1-4,9H2,(H,15,16)(H,17,18). The van der Waals surface area contributed by atoms with Crippen molar-refractivity contribution in [3.8, 4) is 0 Å². The number of carbonyl (C=O) groups is 2. The van der Waals surface area contributed by atoms with Crippen LogP contribution in [0.2, 0.25) is 0 Å². The van der Waals surface area contributed by atoms with Gasteiger partial charge in [-0.25, -0.2) is 4.79 Å². The monoisotopic (exact) mass is 247 g/mol. The second kappa shape index (κ2) is 5.67. The van der Waals surface area contributed by atoms with Crippen molar-refractivity contribution in [3.63, 3.8) is 0 Å². The molecule has 0 aliphatic heterocycles. The quantitative estimate of drug-likeness (QED) is 0.840. The zero-order chi connectivity index (χ0) is 13.0. The van der Waals surface area contributed by atoms with Crippen molar-refractivity contribution in [3.05, 3.63) is 29.8 Å². The molecule has 4 nitrogen and oxygen atoms in total. The number of amides is 1. The van der Waals surface area contributed by atoms with Crippen LogP contribution in [0.4, 0.5) is 5.69 Å². The number of hydrogen-bond donors (Lipinski definition) is 2. The maximum Gasteiger partial charge on any atom is 0.335 e. The van der Waals surface area contributed by atoms with Gasteiger partial charge in [-0.2, -0.15) is 0 Å². The van der Waals surface area contributed by atoms with Crippen molar-refractivity contribution in [1.82, 2.24) is 0 Å². The van der Waals surface area contributed by atoms with E-state index in [2.05, 4.69) is 5.32 Å². The van der Waals surface area contributed by atoms with Crippen LogP contribution >= 0.6 is 0 Å². The highest BCUT2D eigenvalue weighted by molar-refractivity contribution is 5.92. The van der Waals surface area contributed by atoms with Crippen molar-refractivity contribution in [2.75, 3.05) is 5.32 Å². The average molecular weight is 247 g/mol. The van der Waals surface area contributed by atoms with Crippen molar-refractivity contribution in [2.45, 2.75) is 32.1 Å². The van der Waals surface area contributed by atoms with Gasteiger partial charge in [0.1, 0.15) is 0 Å². The molecule has 0 saturated heterocycles. The number of hydrogen-bond acceptors (Lipinski definition) is 2. The molecule has 0 radical (unpaired) electrons. The minimum Gasteiger partial charge on any atom is -0.478 e. The molecule has 1 fully saturated rings. The van der Waals surface area contributed by atoms with Gasteiger partial charge in [-0.05, 0) is 36.6 Å². The minimum atomic E-state index is -0.960. The number of carboxylic acids is 1. The summed E-state index contributed by atoms with van der Waals surface area (Å²) in [4.78, 5) is 22.3. The first-order valence-electron chi connectivity index (χ1n) is 6.28. The Morgan fingerprint density at radius 3 is 2.39 bits per heavy atom. The van der Waals surface area contributed by atoms with E-state index < -0.39 is 5.97 Å². The summed E-state index contributed by atoms with van der Waals surface area (Å²) in [5.74, 6) is -0.229. The van der Waals surface area contributed by atoms with Crippen LogP contribution < -0.4 is 5.32 Å². The van der Waals surface area contributed by atoms with Crippen LogP contribution in [-0.2, 0) is 4.79 Å². The first kappa shape index (κ1) is 12.6. The van der Waals surface area contributed by atoms with Gasteiger partial charge < -0.3 is 10.4 Å². The van der Waals surface area contributed by atoms with Gasteiger partial charge in [0, 0.05) is 12.1 Å². The Morgan fingerprint density at radius 2 is 1.89 bits per heavy atom. The Bertz CT molecular complexity index is 435. The van der Waals surface area contributed by atoms with E-state index >= 15 is 0 Å². The lowest BCUT2D eigenvalue weighted by Gasteiger charge is -2.24. The molecular formula is C14H17NO3. The number of anilines is 1. The summed E-state index contributed by atoms with van der Waals surface area (Å²) in [6.45, 7) is 0. The third-order valence-corrected chi connectivity index (χ3v) is 3.42. The fraction of sp³-hybridized carbons (Fsp3) is 0.429. The van der Waals surface area contributed by atoms with E-state index in [1.165, 1.54) is 31.4 Å². The number of nitrogens with one attached hydrogen (secondary N) is 1. The molecule has 1 aromatic carbocycles. The highest BCUT2D eigenvalue weighted by atomic mass is 16.4. The van der Waals surface area contributed by atoms with E-state index in [0.717, 1.165) is 12.3 Å². The van der Waals surface area contributed by atoms with Crippen molar-refractivity contribution in [2.24, 2.45) is 5.92 Å². The molecule has 1 aromatic rings. The van der Waals surface area contributed by atoms with Crippen molar-refractivity contribution < 1.29 is 14.7 Å². The van der Waals surface area contributed by atoms with E-state index in [1.807, 2.05) is 0 Å². The van der Waals surface area contributed by atoms with Gasteiger partial charge in [-0.15, -0.1) is 0 Å². The molecule has 1 amide bonds. The lowest BCUT2D eigenvalue weighted by Crippen LogP contribution is -2.16. The molecule has 2 rings (SSSR count). The molecule has 0 heterocycles. The molecule has 0 atom stereocenters. The van der Waals surface area contributed by atoms with Crippen LogP contribution in [-0.4, -0.2) is 17.0 Å². The Labute approximate surface area is 106 Å². The van der Waals surface area contributed by atoms with E-state index in [4.69, 9.17) is 5.11 Å². The van der Waals surface area contributed by atoms with E-state index in [9.17, 15) is 9.59 Å². The van der Waals surface area contributed by atoms with Gasteiger partial charge in [-0.1, -0.05) is 19.3 Å². The molecule has 0 unspecified atom stereocenters. The average Bonchev–Trinajstić information content (AvgIpc) is 2.27. The van der Waals surface area contributed by atoms with Crippen LogP contribution in [0, 0.1) is 5.92 Å². The molecule has 0 aromatic heterocycles. The Balaban J connectivity index is 1.80. The molecule has 4 heteroatoms. The topological polar surface area (TPSA) is 66.4 Å². The fourth-order valence-corrected chi connectivity index (χ4v) is 2.04. The smallest absolute Gasteiger partial charge is 0.335 e. The lowest BCUT2D eigenvalue weighted by molar-refractivity contribution is -0.116. The highest BCUT2D eigenvalue weighted by Crippen LogP contribution is 2.30. The number of aromatic carboxylic acids is 1. The van der Waals surface area contributed by atoms with E-state index in [0.29, 0.717) is 12.1 Å². The van der Waals surface area contributed by atoms with Crippen LogP contribution in [0.15, 0.2) is 24.3 Å². The fourth-order valence-electron chi connectivity index (χ4n) is 2.04. The summed E-state index contributed by atoms with van der Waals surface area (Å²) in [7, 11) is 0. The molecule has 1 aliphatic carbocycles. The maximum atomic E-state index is 11.6. The Kier molecular flexibility index (Phi) is 3.97. The normalized spacial score (nSPS) is 14.9. The zero-order valence-corrected chi connectivity index (χ0v) is 10.2. The van der Waals surface area contributed by atoms with Crippen molar-refractivity contribution >= 4 is 17.6 Å². The van der Waals surface area contributed by atoms with Gasteiger partial charge >= 0.3 is 5.97 Å². The lowest BCUT2D eigenvalue weighted by atomic mass is 9.82. The molecule has 1 saturated carbocycles. The summed E-state index contributed by atoms with van der Waals surface area (Å²) in [5.41, 5.74) is 0.876. The van der Waals surface area contributed by atoms with Gasteiger partial charge in [0.2, 0.25) is 5.91 Å². The number of carboxylic acid groups (broad SMARTS) is 1. The summed E-state index contributed by atoms with van der Waals surface area (Å²) < 4.78 is 0. The zero-order valence-electron chi connectivity index (χ0n) is 10.2. The van der Waals surface area contributed by atoms with Crippen LogP contribution in [0.3, 0.4) is 0 Å². The predicted molar refractivity (Wildman–Crippen MR) is 68.6 cm³/mol. The van der Waals surface area contributed by atoms with Gasteiger partial charge in [0.25, 0.3) is 0 Å². The maximum absolute atomic E-state index is 11.6. The van der Waals surface area contributed by atoms with E-state index in [1.54, 1.807) is 12.1 Å². The summed E-state index contributed by atoms with van der Waals surface area (Å²) in [6, 6.07) is 6.21. The first-order valence-corrected chi connectivity index (χ1v) is 6.28. The van der Waals surface area contributed by atoms with Crippen LogP contribution in [0.5, 0.6) is 0 Å². The van der Waals surface area contributed by atoms with Crippen LogP contribution in [0.1, 0.15) is 42.5 Å². The van der Waals surface area contributed by atoms with Gasteiger partial charge in [0.15, 0.2) is 0 Å². The second-order valence-corrected chi connectivity index (χ2v) is 4.77. The van der Waals surface area contributed by atoms with Gasteiger partial charge in [-0.3, -0.25) is 4.79 Å². The molecule has 96 valence electrons.